The van der Waals surface area contributed by atoms with Crippen LogP contribution in [0.15, 0.2) is 102 Å². The Labute approximate surface area is 220 Å². The fourth-order valence-electron chi connectivity index (χ4n) is 3.92. The second-order valence-corrected chi connectivity index (χ2v) is 9.31. The Bertz CT molecular complexity index is 1370. The van der Waals surface area contributed by atoms with Gasteiger partial charge in [-0.15, -0.1) is 17.9 Å². The van der Waals surface area contributed by atoms with Gasteiger partial charge >= 0.3 is 0 Å². The number of aliphatic imine (C=N–C) groups is 1. The van der Waals surface area contributed by atoms with E-state index in [0.717, 1.165) is 28.9 Å². The molecule has 2 amide bonds. The largest absolute Gasteiger partial charge is 0.370 e. The van der Waals surface area contributed by atoms with Crippen LogP contribution in [0.5, 0.6) is 0 Å². The van der Waals surface area contributed by atoms with Gasteiger partial charge in [-0.05, 0) is 46.8 Å². The molecule has 0 saturated carbocycles. The van der Waals surface area contributed by atoms with Crippen molar-refractivity contribution in [2.24, 2.45) is 10.7 Å². The number of guanidine groups is 1. The number of thiophene rings is 1. The van der Waals surface area contributed by atoms with E-state index in [1.807, 2.05) is 76.7 Å². The first-order chi connectivity index (χ1) is 18.0. The SMILES string of the molecule is C=CCNC(=O)c1ccc(-c2ccc(-c3ccccc3)n2CC(=O)NC(N)=NCCc2cccs2)cc1. The molecule has 0 aliphatic heterocycles. The van der Waals surface area contributed by atoms with Crippen molar-refractivity contribution in [2.45, 2.75) is 13.0 Å². The summed E-state index contributed by atoms with van der Waals surface area (Å²) in [6, 6.07) is 25.2. The summed E-state index contributed by atoms with van der Waals surface area (Å²) in [6.45, 7) is 4.58. The van der Waals surface area contributed by atoms with Gasteiger partial charge in [-0.25, -0.2) is 0 Å². The first-order valence-corrected chi connectivity index (χ1v) is 12.8. The van der Waals surface area contributed by atoms with Crippen LogP contribution in [0, 0.1) is 0 Å². The molecule has 4 N–H and O–H groups in total. The van der Waals surface area contributed by atoms with Gasteiger partial charge < -0.3 is 15.6 Å². The van der Waals surface area contributed by atoms with Gasteiger partial charge in [-0.3, -0.25) is 19.9 Å². The molecule has 2 heterocycles. The molecule has 4 rings (SSSR count). The van der Waals surface area contributed by atoms with Crippen molar-refractivity contribution >= 4 is 29.1 Å². The van der Waals surface area contributed by atoms with E-state index in [9.17, 15) is 9.59 Å². The van der Waals surface area contributed by atoms with Crippen molar-refractivity contribution in [1.29, 1.82) is 0 Å². The summed E-state index contributed by atoms with van der Waals surface area (Å²) in [5, 5.41) is 7.51. The minimum atomic E-state index is -0.271. The van der Waals surface area contributed by atoms with Gasteiger partial charge in [0.25, 0.3) is 5.91 Å². The standard InChI is InChI=1S/C29H29N5O2S/c1-2-17-31-28(36)23-12-10-22(11-13-23)26-15-14-25(21-7-4-3-5-8-21)34(26)20-27(35)33-29(30)32-18-16-24-9-6-19-37-24/h2-15,19H,1,16-18,20H2,(H,31,36)(H3,30,32,33,35). The Balaban J connectivity index is 1.54. The van der Waals surface area contributed by atoms with Gasteiger partial charge in [0.15, 0.2) is 5.96 Å². The van der Waals surface area contributed by atoms with Crippen molar-refractivity contribution in [3.05, 3.63) is 107 Å². The number of nitrogens with two attached hydrogens (primary N) is 1. The molecule has 2 aromatic carbocycles. The van der Waals surface area contributed by atoms with Gasteiger partial charge in [0.2, 0.25) is 5.91 Å². The quantitative estimate of drug-likeness (QED) is 0.166. The lowest BCUT2D eigenvalue weighted by Gasteiger charge is -2.14. The van der Waals surface area contributed by atoms with Crippen LogP contribution < -0.4 is 16.4 Å². The highest BCUT2D eigenvalue weighted by molar-refractivity contribution is 7.09. The van der Waals surface area contributed by atoms with Crippen LogP contribution in [0.3, 0.4) is 0 Å². The summed E-state index contributed by atoms with van der Waals surface area (Å²) < 4.78 is 1.94. The van der Waals surface area contributed by atoms with Crippen molar-refractivity contribution in [3.63, 3.8) is 0 Å². The normalized spacial score (nSPS) is 11.2. The van der Waals surface area contributed by atoms with E-state index < -0.39 is 0 Å². The number of aromatic nitrogens is 1. The Kier molecular flexibility index (Phi) is 8.67. The number of rotatable bonds is 10. The maximum Gasteiger partial charge on any atom is 0.251 e. The summed E-state index contributed by atoms with van der Waals surface area (Å²) in [7, 11) is 0. The lowest BCUT2D eigenvalue weighted by Crippen LogP contribution is -2.39. The van der Waals surface area contributed by atoms with Crippen LogP contribution in [0.4, 0.5) is 0 Å². The lowest BCUT2D eigenvalue weighted by molar-refractivity contribution is -0.120. The van der Waals surface area contributed by atoms with E-state index in [1.165, 1.54) is 4.88 Å². The molecule has 8 heteroatoms. The number of nitrogens with zero attached hydrogens (tertiary/aromatic N) is 2. The Morgan fingerprint density at radius 3 is 2.30 bits per heavy atom. The van der Waals surface area contributed by atoms with Gasteiger partial charge in [0.05, 0.1) is 0 Å². The Morgan fingerprint density at radius 1 is 0.946 bits per heavy atom. The number of hydrogen-bond acceptors (Lipinski definition) is 4. The average Bonchev–Trinajstić information content (AvgIpc) is 3.58. The highest BCUT2D eigenvalue weighted by Crippen LogP contribution is 2.29. The fraction of sp³-hybridized carbons (Fsp3) is 0.138. The summed E-state index contributed by atoms with van der Waals surface area (Å²) in [5.41, 5.74) is 10.2. The predicted octanol–water partition coefficient (Wildman–Crippen LogP) is 4.47. The Hall–Kier alpha value is -4.43. The van der Waals surface area contributed by atoms with Gasteiger partial charge in [0, 0.05) is 41.3 Å². The van der Waals surface area contributed by atoms with Crippen molar-refractivity contribution in [2.75, 3.05) is 13.1 Å². The molecule has 188 valence electrons. The molecule has 0 radical (unpaired) electrons. The first-order valence-electron chi connectivity index (χ1n) is 11.9. The lowest BCUT2D eigenvalue weighted by atomic mass is 10.1. The molecule has 0 unspecified atom stereocenters. The van der Waals surface area contributed by atoms with E-state index in [1.54, 1.807) is 29.5 Å². The molecule has 4 aromatic rings. The van der Waals surface area contributed by atoms with Crippen molar-refractivity contribution < 1.29 is 9.59 Å². The highest BCUT2D eigenvalue weighted by atomic mass is 32.1. The zero-order valence-corrected chi connectivity index (χ0v) is 21.2. The minimum absolute atomic E-state index is 0.0509. The number of benzene rings is 2. The topological polar surface area (TPSA) is 102 Å². The van der Waals surface area contributed by atoms with Gasteiger partial charge in [-0.2, -0.15) is 0 Å². The van der Waals surface area contributed by atoms with Gasteiger partial charge in [-0.1, -0.05) is 54.6 Å². The maximum absolute atomic E-state index is 13.0. The van der Waals surface area contributed by atoms with Crippen molar-refractivity contribution in [1.82, 2.24) is 15.2 Å². The zero-order chi connectivity index (χ0) is 26.0. The molecule has 0 bridgehead atoms. The highest BCUT2D eigenvalue weighted by Gasteiger charge is 2.16. The molecular formula is C29H29N5O2S. The smallest absolute Gasteiger partial charge is 0.251 e. The minimum Gasteiger partial charge on any atom is -0.370 e. The van der Waals surface area contributed by atoms with Crippen LogP contribution in [0.25, 0.3) is 22.5 Å². The summed E-state index contributed by atoms with van der Waals surface area (Å²) >= 11 is 1.67. The molecule has 0 aliphatic carbocycles. The van der Waals surface area contributed by atoms with Crippen LogP contribution >= 0.6 is 11.3 Å². The first kappa shape index (κ1) is 25.7. The number of hydrogen-bond donors (Lipinski definition) is 3. The second-order valence-electron chi connectivity index (χ2n) is 8.28. The fourth-order valence-corrected chi connectivity index (χ4v) is 4.62. The third-order valence-corrected chi connectivity index (χ3v) is 6.63. The summed E-state index contributed by atoms with van der Waals surface area (Å²) in [5.74, 6) is -0.334. The zero-order valence-electron chi connectivity index (χ0n) is 20.4. The molecular weight excluding hydrogens is 482 g/mol. The molecule has 0 saturated heterocycles. The second kappa shape index (κ2) is 12.5. The van der Waals surface area contributed by atoms with Crippen LogP contribution in [-0.4, -0.2) is 35.4 Å². The monoisotopic (exact) mass is 511 g/mol. The number of nitrogens with one attached hydrogen (secondary N) is 2. The third kappa shape index (κ3) is 6.83. The van der Waals surface area contributed by atoms with E-state index in [4.69, 9.17) is 5.73 Å². The van der Waals surface area contributed by atoms with Gasteiger partial charge in [0.1, 0.15) is 6.54 Å². The summed E-state index contributed by atoms with van der Waals surface area (Å²) in [4.78, 5) is 30.7. The van der Waals surface area contributed by atoms with E-state index in [-0.39, 0.29) is 24.3 Å². The third-order valence-electron chi connectivity index (χ3n) is 5.69. The maximum atomic E-state index is 13.0. The van der Waals surface area contributed by atoms with E-state index in [2.05, 4.69) is 22.2 Å². The number of carbonyl (C=O) groups is 2. The molecule has 0 fully saturated rings. The number of amides is 2. The molecule has 0 aliphatic rings. The number of carbonyl (C=O) groups excluding carboxylic acids is 2. The average molecular weight is 512 g/mol. The van der Waals surface area contributed by atoms with Crippen LogP contribution in [-0.2, 0) is 17.8 Å². The molecule has 2 aromatic heterocycles. The van der Waals surface area contributed by atoms with Crippen LogP contribution in [0.2, 0.25) is 0 Å². The molecule has 37 heavy (non-hydrogen) atoms. The van der Waals surface area contributed by atoms with E-state index in [0.29, 0.717) is 18.7 Å². The molecule has 0 atom stereocenters. The van der Waals surface area contributed by atoms with E-state index >= 15 is 0 Å². The molecule has 0 spiro atoms. The predicted molar refractivity (Wildman–Crippen MR) is 150 cm³/mol. The summed E-state index contributed by atoms with van der Waals surface area (Å²) in [6.07, 6.45) is 2.41. The molecule has 7 nitrogen and oxygen atoms in total. The van der Waals surface area contributed by atoms with Crippen LogP contribution in [0.1, 0.15) is 15.2 Å². The Morgan fingerprint density at radius 2 is 1.65 bits per heavy atom. The van der Waals surface area contributed by atoms with Crippen molar-refractivity contribution in [3.8, 4) is 22.5 Å².